The van der Waals surface area contributed by atoms with Crippen molar-refractivity contribution in [1.82, 2.24) is 14.5 Å². The Morgan fingerprint density at radius 1 is 1.21 bits per heavy atom. The predicted octanol–water partition coefficient (Wildman–Crippen LogP) is 3.02. The molecule has 1 aliphatic heterocycles. The lowest BCUT2D eigenvalue weighted by molar-refractivity contribution is -0.133. The van der Waals surface area contributed by atoms with Gasteiger partial charge >= 0.3 is 0 Å². The van der Waals surface area contributed by atoms with Crippen LogP contribution in [0.2, 0.25) is 0 Å². The number of nitrogens with zero attached hydrogens (tertiary/aromatic N) is 3. The molecule has 7 heteroatoms. The number of rotatable bonds is 5. The summed E-state index contributed by atoms with van der Waals surface area (Å²) in [5, 5.41) is 2.92. The molecular formula is C21H26N4O3. The van der Waals surface area contributed by atoms with Gasteiger partial charge in [0.1, 0.15) is 5.75 Å². The third kappa shape index (κ3) is 3.48. The van der Waals surface area contributed by atoms with E-state index in [1.807, 2.05) is 23.3 Å². The molecule has 0 saturated heterocycles. The first-order valence-corrected chi connectivity index (χ1v) is 9.82. The van der Waals surface area contributed by atoms with Crippen molar-refractivity contribution in [3.8, 4) is 5.75 Å². The highest BCUT2D eigenvalue weighted by Gasteiger charge is 2.36. The van der Waals surface area contributed by atoms with Crippen molar-refractivity contribution in [3.05, 3.63) is 41.5 Å². The summed E-state index contributed by atoms with van der Waals surface area (Å²) in [6.07, 6.45) is 2.73. The third-order valence-electron chi connectivity index (χ3n) is 5.36. The molecule has 0 spiro atoms. The van der Waals surface area contributed by atoms with Crippen molar-refractivity contribution in [3.63, 3.8) is 0 Å². The highest BCUT2D eigenvalue weighted by molar-refractivity contribution is 6.02. The number of carbonyl (C=O) groups excluding carboxylic acids is 2. The van der Waals surface area contributed by atoms with Crippen LogP contribution in [0.5, 0.6) is 5.75 Å². The molecule has 0 unspecified atom stereocenters. The fourth-order valence-corrected chi connectivity index (χ4v) is 3.76. The van der Waals surface area contributed by atoms with Gasteiger partial charge in [-0.25, -0.2) is 4.98 Å². The normalized spacial score (nSPS) is 16.1. The Bertz CT molecular complexity index is 897. The quantitative estimate of drug-likeness (QED) is 0.862. The van der Waals surface area contributed by atoms with Gasteiger partial charge in [0.05, 0.1) is 19.3 Å². The summed E-state index contributed by atoms with van der Waals surface area (Å²) in [5.41, 5.74) is 2.59. The van der Waals surface area contributed by atoms with Crippen molar-refractivity contribution in [1.29, 1.82) is 0 Å². The van der Waals surface area contributed by atoms with Gasteiger partial charge in [-0.15, -0.1) is 0 Å². The summed E-state index contributed by atoms with van der Waals surface area (Å²) in [6.45, 7) is 5.29. The van der Waals surface area contributed by atoms with Crippen LogP contribution in [0.4, 0.5) is 5.69 Å². The molecule has 1 aliphatic carbocycles. The Labute approximate surface area is 164 Å². The van der Waals surface area contributed by atoms with Gasteiger partial charge in [-0.2, -0.15) is 0 Å². The minimum Gasteiger partial charge on any atom is -0.497 e. The van der Waals surface area contributed by atoms with Gasteiger partial charge in [-0.3, -0.25) is 9.59 Å². The zero-order valence-corrected chi connectivity index (χ0v) is 16.6. The molecule has 1 saturated carbocycles. The predicted molar refractivity (Wildman–Crippen MR) is 105 cm³/mol. The third-order valence-corrected chi connectivity index (χ3v) is 5.36. The zero-order chi connectivity index (χ0) is 19.8. The maximum Gasteiger partial charge on any atom is 0.291 e. The minimum atomic E-state index is -0.242. The highest BCUT2D eigenvalue weighted by Crippen LogP contribution is 2.33. The second kappa shape index (κ2) is 7.30. The SMILES string of the molecule is COc1ccc(NC(=O)c2nc3c(n2C(C)C)CCN(C(=O)C2CC2)C3)cc1. The molecule has 2 aliphatic rings. The van der Waals surface area contributed by atoms with Gasteiger partial charge in [0.25, 0.3) is 5.91 Å². The van der Waals surface area contributed by atoms with Crippen molar-refractivity contribution < 1.29 is 14.3 Å². The molecule has 2 heterocycles. The van der Waals surface area contributed by atoms with E-state index >= 15 is 0 Å². The van der Waals surface area contributed by atoms with Gasteiger partial charge in [-0.05, 0) is 51.0 Å². The number of amides is 2. The number of benzene rings is 1. The minimum absolute atomic E-state index is 0.110. The number of hydrogen-bond donors (Lipinski definition) is 1. The average molecular weight is 382 g/mol. The van der Waals surface area contributed by atoms with E-state index in [0.29, 0.717) is 24.6 Å². The van der Waals surface area contributed by atoms with Gasteiger partial charge in [0.2, 0.25) is 5.91 Å². The molecule has 28 heavy (non-hydrogen) atoms. The molecule has 0 radical (unpaired) electrons. The number of carbonyl (C=O) groups is 2. The van der Waals surface area contributed by atoms with E-state index in [1.165, 1.54) is 0 Å². The Hall–Kier alpha value is -2.83. The van der Waals surface area contributed by atoms with Crippen molar-refractivity contribution >= 4 is 17.5 Å². The fraction of sp³-hybridized carbons (Fsp3) is 0.476. The fourth-order valence-electron chi connectivity index (χ4n) is 3.76. The molecule has 4 rings (SSSR count). The van der Waals surface area contributed by atoms with Gasteiger partial charge < -0.3 is 19.5 Å². The largest absolute Gasteiger partial charge is 0.497 e. The molecule has 0 atom stereocenters. The molecule has 1 N–H and O–H groups in total. The van der Waals surface area contributed by atoms with E-state index in [1.54, 1.807) is 31.4 Å². The number of nitrogens with one attached hydrogen (secondary N) is 1. The molecule has 0 bridgehead atoms. The molecule has 2 amide bonds. The van der Waals surface area contributed by atoms with Crippen LogP contribution >= 0.6 is 0 Å². The Balaban J connectivity index is 1.58. The summed E-state index contributed by atoms with van der Waals surface area (Å²) < 4.78 is 7.16. The molecule has 1 aromatic carbocycles. The number of hydrogen-bond acceptors (Lipinski definition) is 4. The first-order valence-electron chi connectivity index (χ1n) is 9.82. The molecule has 148 valence electrons. The Morgan fingerprint density at radius 2 is 1.93 bits per heavy atom. The molecule has 1 aromatic heterocycles. The summed E-state index contributed by atoms with van der Waals surface area (Å²) in [5.74, 6) is 1.32. The monoisotopic (exact) mass is 382 g/mol. The Kier molecular flexibility index (Phi) is 4.83. The molecule has 1 fully saturated rings. The van der Waals surface area contributed by atoms with Crippen LogP contribution in [0.3, 0.4) is 0 Å². The lowest BCUT2D eigenvalue weighted by atomic mass is 10.1. The van der Waals surface area contributed by atoms with Crippen LogP contribution < -0.4 is 10.1 Å². The summed E-state index contributed by atoms with van der Waals surface area (Å²) in [7, 11) is 1.61. The molecule has 7 nitrogen and oxygen atoms in total. The average Bonchev–Trinajstić information content (AvgIpc) is 3.46. The lowest BCUT2D eigenvalue weighted by Gasteiger charge is -2.28. The van der Waals surface area contributed by atoms with E-state index in [2.05, 4.69) is 10.3 Å². The Morgan fingerprint density at radius 3 is 2.54 bits per heavy atom. The molecular weight excluding hydrogens is 356 g/mol. The van der Waals surface area contributed by atoms with Crippen LogP contribution in [-0.2, 0) is 17.8 Å². The van der Waals surface area contributed by atoms with E-state index in [-0.39, 0.29) is 23.8 Å². The van der Waals surface area contributed by atoms with E-state index in [9.17, 15) is 9.59 Å². The van der Waals surface area contributed by atoms with Crippen LogP contribution in [0.15, 0.2) is 24.3 Å². The summed E-state index contributed by atoms with van der Waals surface area (Å²) in [4.78, 5) is 31.9. The van der Waals surface area contributed by atoms with Crippen LogP contribution in [0.1, 0.15) is 54.7 Å². The molecule has 2 aromatic rings. The number of imidazole rings is 1. The van der Waals surface area contributed by atoms with E-state index < -0.39 is 0 Å². The van der Waals surface area contributed by atoms with E-state index in [4.69, 9.17) is 4.74 Å². The zero-order valence-electron chi connectivity index (χ0n) is 16.6. The second-order valence-corrected chi connectivity index (χ2v) is 7.76. The van der Waals surface area contributed by atoms with Crippen LogP contribution in [0.25, 0.3) is 0 Å². The summed E-state index contributed by atoms with van der Waals surface area (Å²) >= 11 is 0. The second-order valence-electron chi connectivity index (χ2n) is 7.76. The van der Waals surface area contributed by atoms with Crippen LogP contribution in [-0.4, -0.2) is 39.9 Å². The first kappa shape index (κ1) is 18.5. The topological polar surface area (TPSA) is 76.5 Å². The van der Waals surface area contributed by atoms with Gasteiger partial charge in [0, 0.05) is 36.3 Å². The van der Waals surface area contributed by atoms with Gasteiger partial charge in [-0.1, -0.05) is 0 Å². The van der Waals surface area contributed by atoms with E-state index in [0.717, 1.165) is 36.4 Å². The number of fused-ring (bicyclic) bond motifs is 1. The smallest absolute Gasteiger partial charge is 0.291 e. The maximum absolute atomic E-state index is 12.9. The van der Waals surface area contributed by atoms with Crippen molar-refractivity contribution in [2.45, 2.75) is 45.7 Å². The first-order chi connectivity index (χ1) is 13.5. The number of ether oxygens (including phenoxy) is 1. The number of anilines is 1. The van der Waals surface area contributed by atoms with Crippen LogP contribution in [0, 0.1) is 5.92 Å². The lowest BCUT2D eigenvalue weighted by Crippen LogP contribution is -2.37. The van der Waals surface area contributed by atoms with Gasteiger partial charge in [0.15, 0.2) is 5.82 Å². The van der Waals surface area contributed by atoms with Crippen molar-refractivity contribution in [2.75, 3.05) is 19.0 Å². The standard InChI is InChI=1S/C21H26N4O3/c1-13(2)25-18-10-11-24(21(27)14-4-5-14)12-17(18)23-19(25)20(26)22-15-6-8-16(28-3)9-7-15/h6-9,13-14H,4-5,10-12H2,1-3H3,(H,22,26). The maximum atomic E-state index is 12.9. The van der Waals surface area contributed by atoms with Crippen molar-refractivity contribution in [2.24, 2.45) is 5.92 Å². The number of aromatic nitrogens is 2. The summed E-state index contributed by atoms with van der Waals surface area (Å²) in [6, 6.07) is 7.32. The number of methoxy groups -OCH3 is 1. The highest BCUT2D eigenvalue weighted by atomic mass is 16.5.